The average molecular weight is 356 g/mol. The summed E-state index contributed by atoms with van der Waals surface area (Å²) >= 11 is 0. The number of nitrogens with zero attached hydrogens (tertiary/aromatic N) is 2. The topological polar surface area (TPSA) is 75.5 Å². The van der Waals surface area contributed by atoms with Crippen LogP contribution in [-0.4, -0.2) is 41.9 Å². The molecule has 1 aromatic carbocycles. The molecule has 0 radical (unpaired) electrons. The molecule has 0 atom stereocenters. The molecule has 0 spiro atoms. The summed E-state index contributed by atoms with van der Waals surface area (Å²) in [5, 5.41) is 14.6. The van der Waals surface area contributed by atoms with Crippen LogP contribution in [0.5, 0.6) is 0 Å². The first kappa shape index (κ1) is 20.4. The minimum absolute atomic E-state index is 0. The number of carbonyl (C=O) groups is 1. The summed E-state index contributed by atoms with van der Waals surface area (Å²) in [6.45, 7) is 7.15. The van der Waals surface area contributed by atoms with E-state index in [4.69, 9.17) is 0 Å². The van der Waals surface area contributed by atoms with Gasteiger partial charge in [0.1, 0.15) is 0 Å². The number of piperidine rings is 1. The first-order valence-electron chi connectivity index (χ1n) is 7.99. The molecule has 24 heavy (non-hydrogen) atoms. The van der Waals surface area contributed by atoms with Crippen molar-refractivity contribution in [2.75, 3.05) is 20.1 Å². The van der Waals surface area contributed by atoms with Crippen LogP contribution >= 0.6 is 12.4 Å². The fraction of sp³-hybridized carbons (Fsp3) is 0.588. The third kappa shape index (κ3) is 4.45. The molecule has 0 aromatic heterocycles. The molecule has 134 valence electrons. The SMILES string of the molecule is CNC1CCN(C(=O)c2ccc(C(C)(C)C)c([N+](=O)[O-])c2)CC1.Cl. The number of rotatable bonds is 3. The standard InChI is InChI=1S/C17H25N3O3.ClH/c1-17(2,3)14-6-5-12(11-15(14)20(22)23)16(21)19-9-7-13(18-4)8-10-19;/h5-6,11,13,18H,7-10H2,1-4H3;1H. The summed E-state index contributed by atoms with van der Waals surface area (Å²) in [5.74, 6) is -0.122. The molecule has 2 rings (SSSR count). The molecule has 0 unspecified atom stereocenters. The van der Waals surface area contributed by atoms with Gasteiger partial charge in [-0.25, -0.2) is 0 Å². The molecular formula is C17H26ClN3O3. The highest BCUT2D eigenvalue weighted by Crippen LogP contribution is 2.32. The Morgan fingerprint density at radius 1 is 1.29 bits per heavy atom. The van der Waals surface area contributed by atoms with E-state index < -0.39 is 4.92 Å². The van der Waals surface area contributed by atoms with E-state index in [0.29, 0.717) is 30.3 Å². The van der Waals surface area contributed by atoms with Gasteiger partial charge in [0.2, 0.25) is 0 Å². The van der Waals surface area contributed by atoms with Crippen LogP contribution < -0.4 is 5.32 Å². The van der Waals surface area contributed by atoms with Crippen LogP contribution in [0.25, 0.3) is 0 Å². The van der Waals surface area contributed by atoms with E-state index in [2.05, 4.69) is 5.32 Å². The molecule has 1 heterocycles. The van der Waals surface area contributed by atoms with E-state index in [-0.39, 0.29) is 29.4 Å². The Morgan fingerprint density at radius 2 is 1.88 bits per heavy atom. The molecule has 0 aliphatic carbocycles. The lowest BCUT2D eigenvalue weighted by Gasteiger charge is -2.32. The van der Waals surface area contributed by atoms with Gasteiger partial charge in [0.05, 0.1) is 4.92 Å². The van der Waals surface area contributed by atoms with Crippen molar-refractivity contribution in [2.24, 2.45) is 0 Å². The number of nitro groups is 1. The van der Waals surface area contributed by atoms with Crippen molar-refractivity contribution in [2.45, 2.75) is 45.1 Å². The minimum Gasteiger partial charge on any atom is -0.339 e. The monoisotopic (exact) mass is 355 g/mol. The van der Waals surface area contributed by atoms with Crippen LogP contribution in [0, 0.1) is 10.1 Å². The lowest BCUT2D eigenvalue weighted by atomic mass is 9.85. The van der Waals surface area contributed by atoms with Gasteiger partial charge in [0.25, 0.3) is 11.6 Å². The summed E-state index contributed by atoms with van der Waals surface area (Å²) in [7, 11) is 1.93. The van der Waals surface area contributed by atoms with Crippen molar-refractivity contribution >= 4 is 24.0 Å². The Kier molecular flexibility index (Phi) is 6.75. The maximum absolute atomic E-state index is 12.6. The van der Waals surface area contributed by atoms with Crippen molar-refractivity contribution in [1.29, 1.82) is 0 Å². The Bertz CT molecular complexity index is 606. The molecule has 1 aromatic rings. The molecule has 0 saturated carbocycles. The lowest BCUT2D eigenvalue weighted by Crippen LogP contribution is -2.44. The van der Waals surface area contributed by atoms with Gasteiger partial charge < -0.3 is 10.2 Å². The Labute approximate surface area is 149 Å². The summed E-state index contributed by atoms with van der Waals surface area (Å²) in [6.07, 6.45) is 1.81. The molecule has 1 amide bonds. The number of hydrogen-bond donors (Lipinski definition) is 1. The number of halogens is 1. The summed E-state index contributed by atoms with van der Waals surface area (Å²) < 4.78 is 0. The second kappa shape index (κ2) is 7.94. The van der Waals surface area contributed by atoms with E-state index in [0.717, 1.165) is 12.8 Å². The van der Waals surface area contributed by atoms with Gasteiger partial charge in [-0.1, -0.05) is 26.8 Å². The van der Waals surface area contributed by atoms with Gasteiger partial charge in [-0.05, 0) is 31.4 Å². The van der Waals surface area contributed by atoms with E-state index in [1.54, 1.807) is 17.0 Å². The zero-order valence-electron chi connectivity index (χ0n) is 14.7. The zero-order chi connectivity index (χ0) is 17.2. The predicted molar refractivity (Wildman–Crippen MR) is 97.0 cm³/mol. The minimum atomic E-state index is -0.398. The number of amides is 1. The number of carbonyl (C=O) groups excluding carboxylic acids is 1. The summed E-state index contributed by atoms with van der Waals surface area (Å²) in [6, 6.07) is 5.29. The molecule has 1 aliphatic rings. The number of hydrogen-bond acceptors (Lipinski definition) is 4. The third-order valence-electron chi connectivity index (χ3n) is 4.44. The number of likely N-dealkylation sites (tertiary alicyclic amines) is 1. The Morgan fingerprint density at radius 3 is 2.33 bits per heavy atom. The zero-order valence-corrected chi connectivity index (χ0v) is 15.5. The fourth-order valence-electron chi connectivity index (χ4n) is 3.00. The van der Waals surface area contributed by atoms with Crippen LogP contribution in [-0.2, 0) is 5.41 Å². The van der Waals surface area contributed by atoms with Crippen LogP contribution in [0.3, 0.4) is 0 Å². The fourth-order valence-corrected chi connectivity index (χ4v) is 3.00. The normalized spacial score (nSPS) is 15.8. The molecule has 0 bridgehead atoms. The molecule has 1 aliphatic heterocycles. The van der Waals surface area contributed by atoms with Gasteiger partial charge in [-0.3, -0.25) is 14.9 Å². The van der Waals surface area contributed by atoms with E-state index in [1.165, 1.54) is 6.07 Å². The predicted octanol–water partition coefficient (Wildman–Crippen LogP) is 3.14. The van der Waals surface area contributed by atoms with Crippen LogP contribution in [0.1, 0.15) is 49.5 Å². The molecule has 7 heteroatoms. The van der Waals surface area contributed by atoms with Crippen molar-refractivity contribution in [3.63, 3.8) is 0 Å². The molecule has 6 nitrogen and oxygen atoms in total. The number of benzene rings is 1. The highest BCUT2D eigenvalue weighted by molar-refractivity contribution is 5.95. The van der Waals surface area contributed by atoms with Gasteiger partial charge >= 0.3 is 0 Å². The van der Waals surface area contributed by atoms with Gasteiger partial charge in [0.15, 0.2) is 0 Å². The average Bonchev–Trinajstić information content (AvgIpc) is 2.52. The van der Waals surface area contributed by atoms with E-state index in [9.17, 15) is 14.9 Å². The quantitative estimate of drug-likeness (QED) is 0.667. The second-order valence-electron chi connectivity index (χ2n) is 7.09. The van der Waals surface area contributed by atoms with Crippen molar-refractivity contribution in [3.8, 4) is 0 Å². The Hall–Kier alpha value is -1.66. The van der Waals surface area contributed by atoms with Crippen molar-refractivity contribution in [1.82, 2.24) is 10.2 Å². The van der Waals surface area contributed by atoms with Crippen molar-refractivity contribution in [3.05, 3.63) is 39.4 Å². The van der Waals surface area contributed by atoms with E-state index >= 15 is 0 Å². The molecule has 1 saturated heterocycles. The number of nitrogens with one attached hydrogen (secondary N) is 1. The summed E-state index contributed by atoms with van der Waals surface area (Å²) in [4.78, 5) is 25.4. The second-order valence-corrected chi connectivity index (χ2v) is 7.09. The van der Waals surface area contributed by atoms with E-state index in [1.807, 2.05) is 27.8 Å². The Balaban J connectivity index is 0.00000288. The molecule has 1 fully saturated rings. The maximum Gasteiger partial charge on any atom is 0.273 e. The molecule has 1 N–H and O–H groups in total. The molecular weight excluding hydrogens is 330 g/mol. The van der Waals surface area contributed by atoms with Gasteiger partial charge in [0, 0.05) is 36.3 Å². The summed E-state index contributed by atoms with van der Waals surface area (Å²) in [5.41, 5.74) is 0.726. The highest BCUT2D eigenvalue weighted by Gasteiger charge is 2.28. The van der Waals surface area contributed by atoms with Gasteiger partial charge in [-0.2, -0.15) is 0 Å². The van der Waals surface area contributed by atoms with Crippen molar-refractivity contribution < 1.29 is 9.72 Å². The van der Waals surface area contributed by atoms with Crippen LogP contribution in [0.15, 0.2) is 18.2 Å². The smallest absolute Gasteiger partial charge is 0.273 e. The number of nitro benzene ring substituents is 1. The van der Waals surface area contributed by atoms with Crippen LogP contribution in [0.4, 0.5) is 5.69 Å². The maximum atomic E-state index is 12.6. The highest BCUT2D eigenvalue weighted by atomic mass is 35.5. The first-order chi connectivity index (χ1) is 10.7. The lowest BCUT2D eigenvalue weighted by molar-refractivity contribution is -0.386. The largest absolute Gasteiger partial charge is 0.339 e. The van der Waals surface area contributed by atoms with Crippen LogP contribution in [0.2, 0.25) is 0 Å². The van der Waals surface area contributed by atoms with Gasteiger partial charge in [-0.15, -0.1) is 12.4 Å². The third-order valence-corrected chi connectivity index (χ3v) is 4.44. The first-order valence-corrected chi connectivity index (χ1v) is 7.99.